The molecule has 0 heterocycles. The summed E-state index contributed by atoms with van der Waals surface area (Å²) in [5, 5.41) is 0. The zero-order valence-corrected chi connectivity index (χ0v) is 11.2. The Morgan fingerprint density at radius 1 is 0.462 bits per heavy atom. The van der Waals surface area contributed by atoms with E-state index < -0.39 is 58.4 Å². The van der Waals surface area contributed by atoms with Gasteiger partial charge in [0.05, 0.1) is 0 Å². The van der Waals surface area contributed by atoms with Crippen LogP contribution in [0.1, 0.15) is 0 Å². The Kier molecular flexibility index (Phi) is 2.93. The maximum atomic E-state index is 14.2. The highest BCUT2D eigenvalue weighted by molar-refractivity contribution is 5.49. The Labute approximate surface area is 131 Å². The second-order valence-corrected chi connectivity index (χ2v) is 6.10. The number of hydrogen-bond acceptors (Lipinski definition) is 1. The summed E-state index contributed by atoms with van der Waals surface area (Å²) in [6, 6.07) is 0. The molecule has 0 aromatic rings. The van der Waals surface area contributed by atoms with Gasteiger partial charge in [-0.15, -0.1) is 0 Å². The Hall–Kier alpha value is -1.09. The molecule has 0 amide bonds. The van der Waals surface area contributed by atoms with Crippen molar-refractivity contribution in [1.29, 1.82) is 0 Å². The molecule has 1 nitrogen and oxygen atoms in total. The van der Waals surface area contributed by atoms with Crippen molar-refractivity contribution >= 4 is 0 Å². The molecule has 0 aromatic carbocycles. The maximum absolute atomic E-state index is 14.2. The third-order valence-corrected chi connectivity index (χ3v) is 5.21. The van der Waals surface area contributed by atoms with Crippen LogP contribution in [0.4, 0.5) is 66.0 Å². The molecule has 4 aliphatic rings. The van der Waals surface area contributed by atoms with Gasteiger partial charge in [0.2, 0.25) is 0 Å². The third-order valence-electron chi connectivity index (χ3n) is 5.21. The van der Waals surface area contributed by atoms with Crippen LogP contribution >= 0.6 is 0 Å². The minimum absolute atomic E-state index is 1.58. The monoisotopic (exact) mass is 422 g/mol. The summed E-state index contributed by atoms with van der Waals surface area (Å²) < 4.78 is 206. The van der Waals surface area contributed by atoms with Crippen molar-refractivity contribution in [2.75, 3.05) is 0 Å². The van der Waals surface area contributed by atoms with Crippen LogP contribution in [0, 0.1) is 5.92 Å². The molecule has 2 unspecified atom stereocenters. The zero-order chi connectivity index (χ0) is 20.8. The van der Waals surface area contributed by atoms with Crippen LogP contribution in [-0.4, -0.2) is 52.5 Å². The molecule has 0 N–H and O–H groups in total. The fraction of sp³-hybridized carbons (Fsp3) is 1.00. The normalized spacial score (nSPS) is 50.7. The summed E-state index contributed by atoms with van der Waals surface area (Å²) >= 11 is 0. The van der Waals surface area contributed by atoms with E-state index in [1.807, 2.05) is 0 Å². The highest BCUT2D eigenvalue weighted by Crippen LogP contribution is 2.86. The van der Waals surface area contributed by atoms with Gasteiger partial charge in [-0.25, -0.2) is 35.1 Å². The Balaban J connectivity index is 2.66. The molecule has 0 radical (unpaired) electrons. The second-order valence-electron chi connectivity index (χ2n) is 6.10. The molecule has 0 aromatic heterocycles. The molecule has 4 aliphatic carbocycles. The first-order valence-electron chi connectivity index (χ1n) is 6.12. The van der Waals surface area contributed by atoms with Crippen molar-refractivity contribution in [3.8, 4) is 0 Å². The summed E-state index contributed by atoms with van der Waals surface area (Å²) in [6.07, 6.45) is 0. The van der Waals surface area contributed by atoms with Crippen molar-refractivity contribution in [1.82, 2.24) is 0 Å². The molecule has 0 aliphatic heterocycles. The Bertz CT molecular complexity index is 640. The molecule has 4 saturated carbocycles. The van der Waals surface area contributed by atoms with Gasteiger partial charge in [-0.3, -0.25) is 0 Å². The lowest BCUT2D eigenvalue weighted by Crippen LogP contribution is -3.05. The minimum Gasteiger partial charge on any atom is -0.223 e. The van der Waals surface area contributed by atoms with E-state index in [1.54, 1.807) is 4.94 Å². The van der Waals surface area contributed by atoms with Gasteiger partial charge in [-0.2, -0.15) is 31.3 Å². The standard InChI is InChI=1S/C10HF15O/c11-2(12)1-3(13,14)6(18)8(19,20)5(2,17)9(21,22)7(26-25,4(1,15)16)10(6,23)24/h1H. The second kappa shape index (κ2) is 3.87. The highest BCUT2D eigenvalue weighted by atomic mass is 19.3. The maximum Gasteiger partial charge on any atom is 0.339 e. The molecule has 26 heavy (non-hydrogen) atoms. The van der Waals surface area contributed by atoms with Gasteiger partial charge in [-0.1, -0.05) is 0 Å². The average Bonchev–Trinajstić information content (AvgIpc) is 2.40. The molecule has 0 saturated heterocycles. The van der Waals surface area contributed by atoms with Crippen LogP contribution in [0.15, 0.2) is 0 Å². The molecule has 16 heteroatoms. The van der Waals surface area contributed by atoms with Gasteiger partial charge in [0.1, 0.15) is 0 Å². The van der Waals surface area contributed by atoms with Gasteiger partial charge in [-0.05, 0) is 4.53 Å². The fourth-order valence-corrected chi connectivity index (χ4v) is 4.00. The van der Waals surface area contributed by atoms with Crippen LogP contribution in [0.3, 0.4) is 0 Å². The van der Waals surface area contributed by atoms with E-state index in [4.69, 9.17) is 0 Å². The zero-order valence-electron chi connectivity index (χ0n) is 11.2. The van der Waals surface area contributed by atoms with Crippen molar-refractivity contribution in [2.45, 2.75) is 52.5 Å². The molecule has 4 bridgehead atoms. The predicted molar refractivity (Wildman–Crippen MR) is 45.8 cm³/mol. The van der Waals surface area contributed by atoms with E-state index in [1.165, 1.54) is 0 Å². The van der Waals surface area contributed by atoms with E-state index in [2.05, 4.69) is 0 Å². The number of halogens is 15. The Morgan fingerprint density at radius 3 is 1.04 bits per heavy atom. The Morgan fingerprint density at radius 2 is 0.769 bits per heavy atom. The molecule has 0 spiro atoms. The highest BCUT2D eigenvalue weighted by Gasteiger charge is 3.19. The largest absolute Gasteiger partial charge is 0.339 e. The SMILES string of the molecule is FOC12C(F)(F)C3C(F)(F)C(F)(C(F)(F)C(F)(C3(F)F)C1(F)F)C2(F)F. The molecule has 2 atom stereocenters. The minimum atomic E-state index is -7.66. The summed E-state index contributed by atoms with van der Waals surface area (Å²) in [4.78, 5) is 1.58. The van der Waals surface area contributed by atoms with Crippen LogP contribution in [0.2, 0.25) is 0 Å². The summed E-state index contributed by atoms with van der Waals surface area (Å²) in [6.45, 7) is 0. The van der Waals surface area contributed by atoms with Gasteiger partial charge in [0.25, 0.3) is 0 Å². The summed E-state index contributed by atoms with van der Waals surface area (Å²) in [7, 11) is 0. The molecular weight excluding hydrogens is 421 g/mol. The lowest BCUT2D eigenvalue weighted by molar-refractivity contribution is -0.616. The molecular formula is C10HF15O. The molecule has 4 rings (SSSR count). The topological polar surface area (TPSA) is 9.23 Å². The van der Waals surface area contributed by atoms with Gasteiger partial charge < -0.3 is 0 Å². The smallest absolute Gasteiger partial charge is 0.223 e. The number of rotatable bonds is 1. The van der Waals surface area contributed by atoms with Crippen molar-refractivity contribution in [3.63, 3.8) is 0 Å². The first kappa shape index (κ1) is 19.7. The van der Waals surface area contributed by atoms with Crippen LogP contribution in [0.25, 0.3) is 0 Å². The third kappa shape index (κ3) is 1.08. The summed E-state index contributed by atoms with van der Waals surface area (Å²) in [5.74, 6) is -50.1. The van der Waals surface area contributed by atoms with Crippen LogP contribution in [-0.2, 0) is 4.94 Å². The van der Waals surface area contributed by atoms with E-state index in [-0.39, 0.29) is 0 Å². The van der Waals surface area contributed by atoms with Gasteiger partial charge in [0, 0.05) is 0 Å². The lowest BCUT2D eigenvalue weighted by Gasteiger charge is -2.72. The first-order valence-corrected chi connectivity index (χ1v) is 6.12. The van der Waals surface area contributed by atoms with E-state index in [9.17, 15) is 66.0 Å². The first-order chi connectivity index (χ1) is 11.2. The molecule has 4 fully saturated rings. The van der Waals surface area contributed by atoms with Crippen molar-refractivity contribution in [2.24, 2.45) is 5.92 Å². The quantitative estimate of drug-likeness (QED) is 0.566. The van der Waals surface area contributed by atoms with E-state index in [0.29, 0.717) is 0 Å². The predicted octanol–water partition coefficient (Wildman–Crippen LogP) is 4.51. The average molecular weight is 422 g/mol. The van der Waals surface area contributed by atoms with E-state index in [0.717, 1.165) is 0 Å². The van der Waals surface area contributed by atoms with E-state index >= 15 is 0 Å². The van der Waals surface area contributed by atoms with Crippen molar-refractivity contribution in [3.05, 3.63) is 0 Å². The number of hydrogen-bond donors (Lipinski definition) is 0. The van der Waals surface area contributed by atoms with Gasteiger partial charge >= 0.3 is 52.5 Å². The lowest BCUT2D eigenvalue weighted by atomic mass is 9.41. The summed E-state index contributed by atoms with van der Waals surface area (Å²) in [5.41, 5.74) is -21.8. The molecule has 152 valence electrons. The fourth-order valence-electron chi connectivity index (χ4n) is 4.00. The van der Waals surface area contributed by atoms with Crippen molar-refractivity contribution < 1.29 is 70.9 Å². The van der Waals surface area contributed by atoms with Crippen LogP contribution < -0.4 is 0 Å². The van der Waals surface area contributed by atoms with Gasteiger partial charge in [0.15, 0.2) is 5.92 Å². The van der Waals surface area contributed by atoms with Crippen LogP contribution in [0.5, 0.6) is 0 Å². The number of alkyl halides is 14.